The highest BCUT2D eigenvalue weighted by atomic mass is 16.6. The van der Waals surface area contributed by atoms with Crippen LogP contribution in [0.4, 0.5) is 4.79 Å². The van der Waals surface area contributed by atoms with Gasteiger partial charge in [0.15, 0.2) is 5.54 Å². The molecule has 0 N–H and O–H groups in total. The monoisotopic (exact) mass is 301 g/mol. The van der Waals surface area contributed by atoms with Crippen LogP contribution in [0.2, 0.25) is 0 Å². The van der Waals surface area contributed by atoms with Gasteiger partial charge >= 0.3 is 12.1 Å². The fourth-order valence-electron chi connectivity index (χ4n) is 3.34. The first-order chi connectivity index (χ1) is 10.5. The van der Waals surface area contributed by atoms with Crippen LogP contribution in [0.25, 0.3) is 0 Å². The maximum absolute atomic E-state index is 12.6. The molecule has 2 heterocycles. The second-order valence-electron chi connectivity index (χ2n) is 6.16. The number of benzene rings is 1. The number of amides is 1. The Balaban J connectivity index is 2.10. The number of hydrogen-bond donors (Lipinski definition) is 0. The van der Waals surface area contributed by atoms with Crippen molar-refractivity contribution in [2.24, 2.45) is 5.92 Å². The number of nitrogens with zero attached hydrogens (tertiary/aromatic N) is 1. The van der Waals surface area contributed by atoms with Gasteiger partial charge in [0.2, 0.25) is 6.23 Å². The van der Waals surface area contributed by atoms with Crippen LogP contribution >= 0.6 is 0 Å². The van der Waals surface area contributed by atoms with Crippen LogP contribution in [0.3, 0.4) is 0 Å². The largest absolute Gasteiger partial charge is 0.435 e. The van der Waals surface area contributed by atoms with Gasteiger partial charge in [-0.05, 0) is 30.9 Å². The minimum Gasteiger partial charge on any atom is -0.435 e. The summed E-state index contributed by atoms with van der Waals surface area (Å²) in [7, 11) is 0. The Hall–Kier alpha value is -2.30. The maximum atomic E-state index is 12.6. The lowest BCUT2D eigenvalue weighted by Gasteiger charge is -2.38. The van der Waals surface area contributed by atoms with Crippen molar-refractivity contribution in [2.75, 3.05) is 0 Å². The van der Waals surface area contributed by atoms with Crippen molar-refractivity contribution in [3.05, 3.63) is 42.5 Å². The second-order valence-corrected chi connectivity index (χ2v) is 6.16. The van der Waals surface area contributed by atoms with Gasteiger partial charge in [0.05, 0.1) is 5.56 Å². The number of fused-ring (bicyclic) bond motifs is 3. The van der Waals surface area contributed by atoms with Crippen LogP contribution in [-0.2, 0) is 9.53 Å². The average molecular weight is 301 g/mol. The van der Waals surface area contributed by atoms with Crippen molar-refractivity contribution < 1.29 is 19.1 Å². The molecule has 0 bridgehead atoms. The number of hydrogen-bond acceptors (Lipinski definition) is 4. The fraction of sp³-hybridized carbons (Fsp3) is 0.412. The van der Waals surface area contributed by atoms with E-state index in [0.29, 0.717) is 24.2 Å². The summed E-state index contributed by atoms with van der Waals surface area (Å²) in [6.07, 6.45) is 1.24. The van der Waals surface area contributed by atoms with E-state index in [9.17, 15) is 9.59 Å². The molecule has 5 nitrogen and oxygen atoms in total. The molecule has 3 rings (SSSR count). The van der Waals surface area contributed by atoms with Crippen LogP contribution in [0.1, 0.15) is 38.5 Å². The molecular formula is C17H19NO4. The Labute approximate surface area is 129 Å². The van der Waals surface area contributed by atoms with Crippen LogP contribution in [0.5, 0.6) is 5.75 Å². The van der Waals surface area contributed by atoms with Gasteiger partial charge in [-0.3, -0.25) is 4.90 Å². The van der Waals surface area contributed by atoms with E-state index in [-0.39, 0.29) is 11.9 Å². The number of carbonyl (C=O) groups is 2. The summed E-state index contributed by atoms with van der Waals surface area (Å²) in [4.78, 5) is 26.6. The highest BCUT2D eigenvalue weighted by Gasteiger charge is 2.60. The summed E-state index contributed by atoms with van der Waals surface area (Å²) in [5.41, 5.74) is -0.337. The van der Waals surface area contributed by atoms with Crippen LogP contribution in [0, 0.1) is 5.92 Å². The maximum Gasteiger partial charge on any atom is 0.419 e. The Morgan fingerprint density at radius 2 is 2.09 bits per heavy atom. The van der Waals surface area contributed by atoms with E-state index in [4.69, 9.17) is 9.47 Å². The number of ether oxygens (including phenoxy) is 2. The summed E-state index contributed by atoms with van der Waals surface area (Å²) in [5.74, 6) is 0.275. The van der Waals surface area contributed by atoms with Gasteiger partial charge in [-0.25, -0.2) is 9.59 Å². The van der Waals surface area contributed by atoms with Crippen molar-refractivity contribution in [3.8, 4) is 5.75 Å². The number of carbonyl (C=O) groups excluding carboxylic acids is 2. The molecule has 22 heavy (non-hydrogen) atoms. The molecule has 0 aliphatic carbocycles. The molecule has 1 fully saturated rings. The van der Waals surface area contributed by atoms with Gasteiger partial charge in [0.1, 0.15) is 5.75 Å². The van der Waals surface area contributed by atoms with Gasteiger partial charge in [-0.15, -0.1) is 6.58 Å². The standard InChI is InChI=1S/C17H19NO4/c1-4-9-17(10-11(2)3)15(19)22-14-12-7-5-6-8-13(12)21-16(20)18(14)17/h4-8,11,14H,1,9-10H2,2-3H3/t14-,17-/m1/s1. The molecule has 0 spiro atoms. The molecule has 0 unspecified atom stereocenters. The lowest BCUT2D eigenvalue weighted by molar-refractivity contribution is -0.146. The highest BCUT2D eigenvalue weighted by molar-refractivity contribution is 5.91. The number of esters is 1. The molecule has 5 heteroatoms. The Morgan fingerprint density at radius 1 is 1.36 bits per heavy atom. The van der Waals surface area contributed by atoms with Crippen LogP contribution < -0.4 is 4.74 Å². The smallest absolute Gasteiger partial charge is 0.419 e. The molecular weight excluding hydrogens is 282 g/mol. The Kier molecular flexibility index (Phi) is 3.43. The number of para-hydroxylation sites is 1. The quantitative estimate of drug-likeness (QED) is 0.631. The summed E-state index contributed by atoms with van der Waals surface area (Å²) < 4.78 is 11.0. The predicted molar refractivity (Wildman–Crippen MR) is 80.1 cm³/mol. The minimum absolute atomic E-state index is 0.219. The summed E-state index contributed by atoms with van der Waals surface area (Å²) in [6, 6.07) is 7.13. The number of rotatable bonds is 4. The van der Waals surface area contributed by atoms with Gasteiger partial charge in [-0.2, -0.15) is 0 Å². The van der Waals surface area contributed by atoms with Gasteiger partial charge in [0.25, 0.3) is 0 Å². The van der Waals surface area contributed by atoms with E-state index in [0.717, 1.165) is 0 Å². The molecule has 1 aromatic rings. The van der Waals surface area contributed by atoms with Crippen molar-refractivity contribution in [1.82, 2.24) is 4.90 Å². The zero-order valence-electron chi connectivity index (χ0n) is 12.7. The molecule has 116 valence electrons. The van der Waals surface area contributed by atoms with Crippen molar-refractivity contribution >= 4 is 12.1 Å². The molecule has 1 saturated heterocycles. The molecule has 1 aromatic carbocycles. The fourth-order valence-corrected chi connectivity index (χ4v) is 3.34. The molecule has 2 aliphatic rings. The topological polar surface area (TPSA) is 55.8 Å². The summed E-state index contributed by atoms with van der Waals surface area (Å²) in [5, 5.41) is 0. The predicted octanol–water partition coefficient (Wildman–Crippen LogP) is 3.42. The zero-order valence-corrected chi connectivity index (χ0v) is 12.7. The van der Waals surface area contributed by atoms with Gasteiger partial charge in [0, 0.05) is 0 Å². The Morgan fingerprint density at radius 3 is 2.77 bits per heavy atom. The van der Waals surface area contributed by atoms with Gasteiger partial charge in [-0.1, -0.05) is 32.1 Å². The molecule has 2 aliphatic heterocycles. The third-order valence-corrected chi connectivity index (χ3v) is 4.10. The van der Waals surface area contributed by atoms with Crippen LogP contribution in [-0.4, -0.2) is 22.5 Å². The van der Waals surface area contributed by atoms with E-state index in [1.807, 2.05) is 26.0 Å². The van der Waals surface area contributed by atoms with E-state index in [1.54, 1.807) is 18.2 Å². The molecule has 2 atom stereocenters. The summed E-state index contributed by atoms with van der Waals surface area (Å²) >= 11 is 0. The van der Waals surface area contributed by atoms with Crippen LogP contribution in [0.15, 0.2) is 36.9 Å². The lowest BCUT2D eigenvalue weighted by atomic mass is 9.84. The van der Waals surface area contributed by atoms with E-state index in [2.05, 4.69) is 6.58 Å². The minimum atomic E-state index is -1.04. The van der Waals surface area contributed by atoms with Gasteiger partial charge < -0.3 is 9.47 Å². The Bertz CT molecular complexity index is 639. The molecule has 1 amide bonds. The zero-order chi connectivity index (χ0) is 15.9. The van der Waals surface area contributed by atoms with E-state index in [1.165, 1.54) is 4.90 Å². The third-order valence-electron chi connectivity index (χ3n) is 4.10. The first-order valence-electron chi connectivity index (χ1n) is 7.41. The highest BCUT2D eigenvalue weighted by Crippen LogP contribution is 2.48. The van der Waals surface area contributed by atoms with Crippen molar-refractivity contribution in [2.45, 2.75) is 38.5 Å². The average Bonchev–Trinajstić information content (AvgIpc) is 2.73. The third kappa shape index (κ3) is 2.00. The lowest BCUT2D eigenvalue weighted by Crippen LogP contribution is -2.54. The molecule has 0 radical (unpaired) electrons. The van der Waals surface area contributed by atoms with E-state index < -0.39 is 17.9 Å². The van der Waals surface area contributed by atoms with E-state index >= 15 is 0 Å². The van der Waals surface area contributed by atoms with Crippen molar-refractivity contribution in [3.63, 3.8) is 0 Å². The summed E-state index contributed by atoms with van der Waals surface area (Å²) in [6.45, 7) is 7.75. The molecule has 0 saturated carbocycles. The van der Waals surface area contributed by atoms with Crippen molar-refractivity contribution in [1.29, 1.82) is 0 Å². The molecule has 0 aromatic heterocycles. The SMILES string of the molecule is C=CC[C@@]1(CC(C)C)C(=O)O[C@@H]2c3ccccc3OC(=O)N21. The first-order valence-corrected chi connectivity index (χ1v) is 7.41. The normalized spacial score (nSPS) is 26.3. The first kappa shape index (κ1) is 14.6. The second kappa shape index (κ2) is 5.16.